The molecule has 0 aliphatic carbocycles. The maximum atomic E-state index is 13.1. The first-order valence-electron chi connectivity index (χ1n) is 9.85. The van der Waals surface area contributed by atoms with Crippen molar-refractivity contribution in [3.05, 3.63) is 94.8 Å². The zero-order valence-electron chi connectivity index (χ0n) is 17.5. The van der Waals surface area contributed by atoms with Crippen LogP contribution in [-0.2, 0) is 9.59 Å². The number of hydrogen-bond donors (Lipinski definition) is 1. The van der Waals surface area contributed by atoms with E-state index in [0.717, 1.165) is 11.1 Å². The van der Waals surface area contributed by atoms with Crippen molar-refractivity contribution < 1.29 is 19.4 Å². The number of pyridine rings is 1. The van der Waals surface area contributed by atoms with Crippen LogP contribution in [-0.4, -0.2) is 28.9 Å². The first kappa shape index (κ1) is 20.3. The first-order valence-corrected chi connectivity index (χ1v) is 9.85. The van der Waals surface area contributed by atoms with Gasteiger partial charge in [0.15, 0.2) is 0 Å². The number of aryl methyl sites for hydroxylation is 2. The Morgan fingerprint density at radius 3 is 2.52 bits per heavy atom. The van der Waals surface area contributed by atoms with E-state index < -0.39 is 17.7 Å². The number of aliphatic hydroxyl groups is 1. The standard InChI is InChI=1S/C25H22N2O4/c1-15-9-10-19(12-16(15)2)27-22(18-7-5-11-26-14-18)21(24(29)25(27)30)23(28)17-6-4-8-20(13-17)31-3/h4-14,22,28H,1-3H3/b23-21+. The van der Waals surface area contributed by atoms with E-state index in [-0.39, 0.29) is 11.3 Å². The Labute approximate surface area is 180 Å². The maximum Gasteiger partial charge on any atom is 0.300 e. The molecular weight excluding hydrogens is 392 g/mol. The number of benzene rings is 2. The number of aliphatic hydroxyl groups excluding tert-OH is 1. The minimum absolute atomic E-state index is 0.0180. The maximum absolute atomic E-state index is 13.1. The van der Waals surface area contributed by atoms with Crippen LogP contribution in [0.2, 0.25) is 0 Å². The van der Waals surface area contributed by atoms with Crippen molar-refractivity contribution >= 4 is 23.1 Å². The van der Waals surface area contributed by atoms with Crippen molar-refractivity contribution in [2.75, 3.05) is 12.0 Å². The zero-order chi connectivity index (χ0) is 22.1. The third-order valence-corrected chi connectivity index (χ3v) is 5.56. The number of ketones is 1. The number of carbonyl (C=O) groups excluding carboxylic acids is 2. The second-order valence-corrected chi connectivity index (χ2v) is 7.46. The van der Waals surface area contributed by atoms with Gasteiger partial charge in [-0.2, -0.15) is 0 Å². The summed E-state index contributed by atoms with van der Waals surface area (Å²) in [4.78, 5) is 31.9. The van der Waals surface area contributed by atoms with Crippen LogP contribution in [0.1, 0.15) is 28.3 Å². The van der Waals surface area contributed by atoms with E-state index in [1.807, 2.05) is 32.0 Å². The average molecular weight is 414 g/mol. The molecule has 1 aliphatic heterocycles. The monoisotopic (exact) mass is 414 g/mol. The molecule has 2 aromatic carbocycles. The van der Waals surface area contributed by atoms with E-state index in [0.29, 0.717) is 22.6 Å². The smallest absolute Gasteiger partial charge is 0.300 e. The molecule has 4 rings (SSSR count). The number of amides is 1. The SMILES string of the molecule is COc1cccc(/C(O)=C2\C(=O)C(=O)N(c3ccc(C)c(C)c3)C2c2cccnc2)c1. The lowest BCUT2D eigenvalue weighted by atomic mass is 9.96. The number of nitrogens with zero attached hydrogens (tertiary/aromatic N) is 2. The molecule has 1 aliphatic rings. The molecule has 0 radical (unpaired) electrons. The number of aromatic nitrogens is 1. The van der Waals surface area contributed by atoms with Crippen molar-refractivity contribution in [2.45, 2.75) is 19.9 Å². The molecule has 0 spiro atoms. The van der Waals surface area contributed by atoms with Crippen molar-refractivity contribution in [3.63, 3.8) is 0 Å². The molecule has 0 saturated carbocycles. The topological polar surface area (TPSA) is 79.7 Å². The minimum atomic E-state index is -0.804. The molecule has 3 aromatic rings. The molecule has 1 fully saturated rings. The van der Waals surface area contributed by atoms with Gasteiger partial charge in [0, 0.05) is 23.6 Å². The van der Waals surface area contributed by atoms with Gasteiger partial charge < -0.3 is 9.84 Å². The van der Waals surface area contributed by atoms with Gasteiger partial charge in [0.1, 0.15) is 11.5 Å². The van der Waals surface area contributed by atoms with E-state index in [2.05, 4.69) is 4.98 Å². The van der Waals surface area contributed by atoms with Crippen molar-refractivity contribution in [1.29, 1.82) is 0 Å². The highest BCUT2D eigenvalue weighted by Gasteiger charge is 2.47. The van der Waals surface area contributed by atoms with Crippen LogP contribution >= 0.6 is 0 Å². The highest BCUT2D eigenvalue weighted by Crippen LogP contribution is 2.42. The second-order valence-electron chi connectivity index (χ2n) is 7.46. The third kappa shape index (κ3) is 3.57. The van der Waals surface area contributed by atoms with Gasteiger partial charge >= 0.3 is 0 Å². The number of anilines is 1. The number of carbonyl (C=O) groups is 2. The predicted molar refractivity (Wildman–Crippen MR) is 118 cm³/mol. The molecule has 1 N–H and O–H groups in total. The van der Waals surface area contributed by atoms with E-state index in [4.69, 9.17) is 4.74 Å². The summed E-state index contributed by atoms with van der Waals surface area (Å²) in [6.07, 6.45) is 3.22. The van der Waals surface area contributed by atoms with Gasteiger partial charge in [-0.15, -0.1) is 0 Å². The Hall–Kier alpha value is -3.93. The fourth-order valence-corrected chi connectivity index (χ4v) is 3.75. The average Bonchev–Trinajstić information content (AvgIpc) is 3.06. The number of hydrogen-bond acceptors (Lipinski definition) is 5. The molecule has 2 heterocycles. The Morgan fingerprint density at radius 1 is 1.03 bits per heavy atom. The normalized spacial score (nSPS) is 17.8. The molecular formula is C25H22N2O4. The largest absolute Gasteiger partial charge is 0.507 e. The number of ether oxygens (including phenoxy) is 1. The Morgan fingerprint density at radius 2 is 1.84 bits per heavy atom. The van der Waals surface area contributed by atoms with Crippen LogP contribution in [0.4, 0.5) is 5.69 Å². The summed E-state index contributed by atoms with van der Waals surface area (Å²) >= 11 is 0. The molecule has 31 heavy (non-hydrogen) atoms. The quantitative estimate of drug-likeness (QED) is 0.390. The van der Waals surface area contributed by atoms with Crippen molar-refractivity contribution in [3.8, 4) is 5.75 Å². The Balaban J connectivity index is 1.94. The van der Waals surface area contributed by atoms with Crippen LogP contribution in [0.15, 0.2) is 72.6 Å². The van der Waals surface area contributed by atoms with E-state index in [1.165, 1.54) is 12.0 Å². The van der Waals surface area contributed by atoms with Gasteiger partial charge in [0.2, 0.25) is 0 Å². The lowest BCUT2D eigenvalue weighted by Gasteiger charge is -2.25. The van der Waals surface area contributed by atoms with Crippen molar-refractivity contribution in [1.82, 2.24) is 4.98 Å². The zero-order valence-corrected chi connectivity index (χ0v) is 17.5. The lowest BCUT2D eigenvalue weighted by Crippen LogP contribution is -2.29. The van der Waals surface area contributed by atoms with E-state index in [9.17, 15) is 14.7 Å². The van der Waals surface area contributed by atoms with Crippen LogP contribution in [0.3, 0.4) is 0 Å². The molecule has 1 aromatic heterocycles. The van der Waals surface area contributed by atoms with Crippen LogP contribution < -0.4 is 9.64 Å². The van der Waals surface area contributed by atoms with Gasteiger partial charge in [-0.05, 0) is 60.9 Å². The van der Waals surface area contributed by atoms with Gasteiger partial charge in [-0.25, -0.2) is 0 Å². The molecule has 156 valence electrons. The third-order valence-electron chi connectivity index (χ3n) is 5.56. The van der Waals surface area contributed by atoms with Gasteiger partial charge in [-0.3, -0.25) is 19.5 Å². The fourth-order valence-electron chi connectivity index (χ4n) is 3.75. The molecule has 1 saturated heterocycles. The Kier molecular flexibility index (Phi) is 5.29. The number of methoxy groups -OCH3 is 1. The summed E-state index contributed by atoms with van der Waals surface area (Å²) in [5, 5.41) is 11.1. The number of rotatable bonds is 4. The van der Waals surface area contributed by atoms with Gasteiger partial charge in [0.05, 0.1) is 18.7 Å². The second kappa shape index (κ2) is 8.07. The summed E-state index contributed by atoms with van der Waals surface area (Å²) in [7, 11) is 1.52. The number of Topliss-reactive ketones (excluding diaryl/α,β-unsaturated/α-hetero) is 1. The first-order chi connectivity index (χ1) is 14.9. The highest BCUT2D eigenvalue weighted by atomic mass is 16.5. The highest BCUT2D eigenvalue weighted by molar-refractivity contribution is 6.51. The molecule has 1 atom stereocenters. The molecule has 0 bridgehead atoms. The minimum Gasteiger partial charge on any atom is -0.507 e. The molecule has 6 heteroatoms. The summed E-state index contributed by atoms with van der Waals surface area (Å²) in [6, 6.07) is 15.1. The van der Waals surface area contributed by atoms with Crippen molar-refractivity contribution in [2.24, 2.45) is 0 Å². The molecule has 1 unspecified atom stereocenters. The van der Waals surface area contributed by atoms with Crippen LogP contribution in [0.25, 0.3) is 5.76 Å². The fraction of sp³-hybridized carbons (Fsp3) is 0.160. The van der Waals surface area contributed by atoms with Gasteiger partial charge in [-0.1, -0.05) is 24.3 Å². The van der Waals surface area contributed by atoms with Gasteiger partial charge in [0.25, 0.3) is 11.7 Å². The molecule has 1 amide bonds. The summed E-state index contributed by atoms with van der Waals surface area (Å²) in [5.41, 5.74) is 3.70. The predicted octanol–water partition coefficient (Wildman–Crippen LogP) is 4.33. The van der Waals surface area contributed by atoms with E-state index in [1.54, 1.807) is 48.8 Å². The van der Waals surface area contributed by atoms with Crippen LogP contribution in [0.5, 0.6) is 5.75 Å². The summed E-state index contributed by atoms with van der Waals surface area (Å²) < 4.78 is 5.24. The molecule has 6 nitrogen and oxygen atoms in total. The van der Waals surface area contributed by atoms with E-state index >= 15 is 0 Å². The summed E-state index contributed by atoms with van der Waals surface area (Å²) in [6.45, 7) is 3.93. The summed E-state index contributed by atoms with van der Waals surface area (Å²) in [5.74, 6) is -1.16. The Bertz CT molecular complexity index is 1200. The van der Waals surface area contributed by atoms with Crippen LogP contribution in [0, 0.1) is 13.8 Å². The lowest BCUT2D eigenvalue weighted by molar-refractivity contribution is -0.132.